The van der Waals surface area contributed by atoms with Gasteiger partial charge in [-0.05, 0) is 49.2 Å². The third-order valence-electron chi connectivity index (χ3n) is 4.70. The summed E-state index contributed by atoms with van der Waals surface area (Å²) in [4.78, 5) is 0.152. The highest BCUT2D eigenvalue weighted by atomic mass is 32.2. The Kier molecular flexibility index (Phi) is 6.22. The van der Waals surface area contributed by atoms with Gasteiger partial charge in [-0.1, -0.05) is 30.7 Å². The van der Waals surface area contributed by atoms with Crippen molar-refractivity contribution in [3.05, 3.63) is 67.3 Å². The van der Waals surface area contributed by atoms with E-state index in [1.54, 1.807) is 24.3 Å². The molecule has 2 aromatic rings. The van der Waals surface area contributed by atoms with Crippen molar-refractivity contribution in [2.75, 3.05) is 23.9 Å². The lowest BCUT2D eigenvalue weighted by molar-refractivity contribution is 0.346. The molecule has 1 fully saturated rings. The van der Waals surface area contributed by atoms with Crippen molar-refractivity contribution in [2.45, 2.75) is 29.1 Å². The Hall–Kier alpha value is -2.16. The normalized spacial score (nSPS) is 15.9. The van der Waals surface area contributed by atoms with Gasteiger partial charge in [0.15, 0.2) is 0 Å². The smallest absolute Gasteiger partial charge is 0.263 e. The molecule has 1 aliphatic heterocycles. The second kappa shape index (κ2) is 8.46. The number of hydrogen-bond acceptors (Lipinski definition) is 4. The summed E-state index contributed by atoms with van der Waals surface area (Å²) < 4.78 is 54.4. The lowest BCUT2D eigenvalue weighted by Crippen LogP contribution is -2.35. The van der Waals surface area contributed by atoms with E-state index in [1.165, 1.54) is 39.0 Å². The minimum atomic E-state index is -3.85. The molecule has 1 saturated heterocycles. The van der Waals surface area contributed by atoms with E-state index in [0.717, 1.165) is 19.3 Å². The number of hydrogen-bond donors (Lipinski definition) is 0. The fourth-order valence-electron chi connectivity index (χ4n) is 3.22. The Morgan fingerprint density at radius 1 is 0.857 bits per heavy atom. The van der Waals surface area contributed by atoms with Gasteiger partial charge < -0.3 is 0 Å². The molecule has 6 nitrogen and oxygen atoms in total. The van der Waals surface area contributed by atoms with E-state index in [2.05, 4.69) is 6.58 Å². The summed E-state index contributed by atoms with van der Waals surface area (Å²) in [5.41, 5.74) is 0.521. The summed E-state index contributed by atoms with van der Waals surface area (Å²) in [6.45, 7) is 4.76. The number of sulfonamides is 2. The molecular formula is C20H24N2O4S2. The molecule has 150 valence electrons. The van der Waals surface area contributed by atoms with Crippen molar-refractivity contribution in [1.29, 1.82) is 0 Å². The maximum atomic E-state index is 13.1. The standard InChI is InChI=1S/C20H24N2O4S2/c1-2-15-22(18-9-5-3-6-10-18)28(25,26)20-13-11-19(12-14-20)27(23,24)21-16-7-4-8-17-21/h2-3,5-6,9-14H,1,4,7-8,15-17H2. The summed E-state index contributed by atoms with van der Waals surface area (Å²) >= 11 is 0. The Morgan fingerprint density at radius 3 is 2.00 bits per heavy atom. The quantitative estimate of drug-likeness (QED) is 0.645. The molecule has 0 aromatic heterocycles. The van der Waals surface area contributed by atoms with Crippen molar-refractivity contribution in [3.8, 4) is 0 Å². The van der Waals surface area contributed by atoms with Gasteiger partial charge in [0.05, 0.1) is 22.0 Å². The average Bonchev–Trinajstić information content (AvgIpc) is 2.73. The van der Waals surface area contributed by atoms with Crippen LogP contribution in [0.25, 0.3) is 0 Å². The van der Waals surface area contributed by atoms with E-state index in [4.69, 9.17) is 0 Å². The molecule has 0 saturated carbocycles. The molecule has 0 bridgehead atoms. The van der Waals surface area contributed by atoms with E-state index in [0.29, 0.717) is 18.8 Å². The van der Waals surface area contributed by atoms with E-state index in [1.807, 2.05) is 6.07 Å². The molecule has 0 amide bonds. The number of para-hydroxylation sites is 1. The van der Waals surface area contributed by atoms with Crippen LogP contribution in [0.5, 0.6) is 0 Å². The maximum Gasteiger partial charge on any atom is 0.264 e. The molecule has 0 atom stereocenters. The summed E-state index contributed by atoms with van der Waals surface area (Å²) in [6, 6.07) is 14.2. The predicted molar refractivity (Wildman–Crippen MR) is 110 cm³/mol. The van der Waals surface area contributed by atoms with Crippen LogP contribution in [0.2, 0.25) is 0 Å². The fraction of sp³-hybridized carbons (Fsp3) is 0.300. The number of piperidine rings is 1. The molecule has 0 N–H and O–H groups in total. The van der Waals surface area contributed by atoms with Crippen LogP contribution in [0.3, 0.4) is 0 Å². The van der Waals surface area contributed by atoms with Crippen LogP contribution in [0.4, 0.5) is 5.69 Å². The van der Waals surface area contributed by atoms with E-state index in [9.17, 15) is 16.8 Å². The van der Waals surface area contributed by atoms with Crippen molar-refractivity contribution >= 4 is 25.7 Å². The van der Waals surface area contributed by atoms with Crippen molar-refractivity contribution in [3.63, 3.8) is 0 Å². The molecular weight excluding hydrogens is 396 g/mol. The summed E-state index contributed by atoms with van der Waals surface area (Å²) in [6.07, 6.45) is 4.24. The highest BCUT2D eigenvalue weighted by Crippen LogP contribution is 2.26. The van der Waals surface area contributed by atoms with E-state index >= 15 is 0 Å². The Bertz CT molecular complexity index is 1010. The third-order valence-corrected chi connectivity index (χ3v) is 8.42. The second-order valence-corrected chi connectivity index (χ2v) is 10.4. The lowest BCUT2D eigenvalue weighted by atomic mass is 10.2. The van der Waals surface area contributed by atoms with Crippen molar-refractivity contribution in [1.82, 2.24) is 4.31 Å². The molecule has 2 aromatic carbocycles. The minimum Gasteiger partial charge on any atom is -0.263 e. The van der Waals surface area contributed by atoms with Gasteiger partial charge in [0.1, 0.15) is 0 Å². The van der Waals surface area contributed by atoms with Crippen molar-refractivity contribution < 1.29 is 16.8 Å². The Morgan fingerprint density at radius 2 is 1.43 bits per heavy atom. The Labute approximate surface area is 167 Å². The first-order chi connectivity index (χ1) is 13.4. The van der Waals surface area contributed by atoms with E-state index < -0.39 is 20.0 Å². The Balaban J connectivity index is 1.92. The monoisotopic (exact) mass is 420 g/mol. The highest BCUT2D eigenvalue weighted by Gasteiger charge is 2.28. The van der Waals surface area contributed by atoms with Crippen LogP contribution in [0.15, 0.2) is 77.0 Å². The topological polar surface area (TPSA) is 74.8 Å². The predicted octanol–water partition coefficient (Wildman–Crippen LogP) is 3.24. The van der Waals surface area contributed by atoms with Gasteiger partial charge in [0, 0.05) is 13.1 Å². The zero-order valence-electron chi connectivity index (χ0n) is 15.6. The van der Waals surface area contributed by atoms with Gasteiger partial charge in [-0.2, -0.15) is 4.31 Å². The number of nitrogens with zero attached hydrogens (tertiary/aromatic N) is 2. The molecule has 0 radical (unpaired) electrons. The SMILES string of the molecule is C=CCN(c1ccccc1)S(=O)(=O)c1ccc(S(=O)(=O)N2CCCCC2)cc1. The fourth-order valence-corrected chi connectivity index (χ4v) is 6.17. The number of anilines is 1. The second-order valence-electron chi connectivity index (χ2n) is 6.60. The summed E-state index contributed by atoms with van der Waals surface area (Å²) in [7, 11) is -7.45. The third kappa shape index (κ3) is 4.14. The maximum absolute atomic E-state index is 13.1. The molecule has 8 heteroatoms. The summed E-state index contributed by atoms with van der Waals surface area (Å²) in [5.74, 6) is 0. The van der Waals surface area contributed by atoms with Crippen LogP contribution >= 0.6 is 0 Å². The largest absolute Gasteiger partial charge is 0.264 e. The summed E-state index contributed by atoms with van der Waals surface area (Å²) in [5, 5.41) is 0. The van der Waals surface area contributed by atoms with Gasteiger partial charge in [-0.15, -0.1) is 6.58 Å². The van der Waals surface area contributed by atoms with Crippen LogP contribution in [-0.4, -0.2) is 40.8 Å². The van der Waals surface area contributed by atoms with Crippen LogP contribution in [0.1, 0.15) is 19.3 Å². The first-order valence-electron chi connectivity index (χ1n) is 9.16. The minimum absolute atomic E-state index is 0.0378. The van der Waals surface area contributed by atoms with Crippen LogP contribution in [-0.2, 0) is 20.0 Å². The van der Waals surface area contributed by atoms with Gasteiger partial charge in [0.25, 0.3) is 10.0 Å². The highest BCUT2D eigenvalue weighted by molar-refractivity contribution is 7.92. The van der Waals surface area contributed by atoms with Gasteiger partial charge in [0.2, 0.25) is 10.0 Å². The lowest BCUT2D eigenvalue weighted by Gasteiger charge is -2.26. The molecule has 0 aliphatic carbocycles. The van der Waals surface area contributed by atoms with Gasteiger partial charge in [-0.25, -0.2) is 16.8 Å². The molecule has 0 unspecified atom stereocenters. The first kappa shape index (κ1) is 20.6. The molecule has 28 heavy (non-hydrogen) atoms. The average molecular weight is 421 g/mol. The van der Waals surface area contributed by atoms with Gasteiger partial charge in [-0.3, -0.25) is 4.31 Å². The molecule has 1 heterocycles. The number of benzene rings is 2. The van der Waals surface area contributed by atoms with Gasteiger partial charge >= 0.3 is 0 Å². The number of rotatable bonds is 7. The molecule has 0 spiro atoms. The van der Waals surface area contributed by atoms with Crippen molar-refractivity contribution in [2.24, 2.45) is 0 Å². The zero-order valence-corrected chi connectivity index (χ0v) is 17.2. The zero-order chi connectivity index (χ0) is 20.2. The van der Waals surface area contributed by atoms with Crippen LogP contribution in [0, 0.1) is 0 Å². The van der Waals surface area contributed by atoms with E-state index in [-0.39, 0.29) is 16.3 Å². The first-order valence-corrected chi connectivity index (χ1v) is 12.0. The molecule has 3 rings (SSSR count). The molecule has 1 aliphatic rings. The van der Waals surface area contributed by atoms with Crippen LogP contribution < -0.4 is 4.31 Å².